The Morgan fingerprint density at radius 1 is 1.20 bits per heavy atom. The number of hydrogen-bond acceptors (Lipinski definition) is 2. The third kappa shape index (κ3) is 12.6. The number of carbonyl (C=O) groups excluding carboxylic acids is 1. The molecule has 0 spiro atoms. The van der Waals surface area contributed by atoms with Crippen LogP contribution in [-0.4, -0.2) is 11.7 Å². The summed E-state index contributed by atoms with van der Waals surface area (Å²) in [6.45, 7) is 20.9. The number of nitrogens with one attached hydrogen (secondary N) is 1. The minimum Gasteiger partial charge on any atom is -0.444 e. The van der Waals surface area contributed by atoms with Gasteiger partial charge in [0.2, 0.25) is 0 Å². The van der Waals surface area contributed by atoms with E-state index in [2.05, 4.69) is 31.0 Å². The summed E-state index contributed by atoms with van der Waals surface area (Å²) in [6, 6.07) is 3.10. The lowest BCUT2D eigenvalue weighted by Gasteiger charge is -2.21. The van der Waals surface area contributed by atoms with Crippen LogP contribution in [0.25, 0.3) is 5.70 Å². The number of carbonyl (C=O) groups is 1. The zero-order valence-electron chi connectivity index (χ0n) is 22.9. The Morgan fingerprint density at radius 3 is 2.26 bits per heavy atom. The Bertz CT molecular complexity index is 952. The standard InChI is InChI=1S/C19H27ClFNO2.C11H16/c1-7-8-9-14-15(20)10-13(11-16(14)21)17(12(2)3)22-18(23)24-19(4,5)6;1-5-8-10(4)11(7-3)9-6-2/h10-11H,7-9H2,1-6H3,(H,22,23);5-9H,1H2,2-4H3/b;9-6-,10-8-,11-7-. The van der Waals surface area contributed by atoms with E-state index in [0.717, 1.165) is 18.4 Å². The monoisotopic (exact) mass is 503 g/mol. The van der Waals surface area contributed by atoms with E-state index in [-0.39, 0.29) is 5.82 Å². The van der Waals surface area contributed by atoms with Crippen molar-refractivity contribution in [2.75, 3.05) is 0 Å². The molecule has 1 N–H and O–H groups in total. The lowest BCUT2D eigenvalue weighted by atomic mass is 10.0. The zero-order valence-corrected chi connectivity index (χ0v) is 23.7. The fourth-order valence-electron chi connectivity index (χ4n) is 3.14. The molecule has 0 fully saturated rings. The van der Waals surface area contributed by atoms with Crippen LogP contribution < -0.4 is 5.32 Å². The summed E-state index contributed by atoms with van der Waals surface area (Å²) >= 11 is 6.26. The minimum atomic E-state index is -0.607. The summed E-state index contributed by atoms with van der Waals surface area (Å²) in [7, 11) is 0. The average molecular weight is 504 g/mol. The van der Waals surface area contributed by atoms with Crippen LogP contribution in [-0.2, 0) is 11.2 Å². The van der Waals surface area contributed by atoms with Gasteiger partial charge in [0.15, 0.2) is 0 Å². The van der Waals surface area contributed by atoms with Crippen molar-refractivity contribution in [1.29, 1.82) is 0 Å². The predicted molar refractivity (Wildman–Crippen MR) is 150 cm³/mol. The van der Waals surface area contributed by atoms with E-state index >= 15 is 0 Å². The molecule has 1 aromatic carbocycles. The minimum absolute atomic E-state index is 0.351. The molecular formula is C30H43ClFNO2. The Kier molecular flexibility index (Phi) is 15.0. The van der Waals surface area contributed by atoms with Crippen LogP contribution in [0.4, 0.5) is 9.18 Å². The Hall–Kier alpha value is -2.59. The summed E-state index contributed by atoms with van der Waals surface area (Å²) in [5.74, 6) is -0.351. The van der Waals surface area contributed by atoms with Gasteiger partial charge in [0.05, 0.1) is 5.70 Å². The molecule has 5 heteroatoms. The first-order chi connectivity index (χ1) is 16.3. The molecule has 0 aliphatic rings. The number of hydrogen-bond donors (Lipinski definition) is 1. The maximum Gasteiger partial charge on any atom is 0.412 e. The van der Waals surface area contributed by atoms with Gasteiger partial charge in [-0.15, -0.1) is 0 Å². The number of benzene rings is 1. The number of allylic oxidation sites excluding steroid dienone is 8. The Labute approximate surface area is 217 Å². The molecule has 0 atom stereocenters. The Balaban J connectivity index is 0.000000883. The van der Waals surface area contributed by atoms with Crippen molar-refractivity contribution in [3.63, 3.8) is 0 Å². The predicted octanol–water partition coefficient (Wildman–Crippen LogP) is 9.74. The zero-order chi connectivity index (χ0) is 27.2. The van der Waals surface area contributed by atoms with Crippen molar-refractivity contribution < 1.29 is 13.9 Å². The maximum atomic E-state index is 14.4. The van der Waals surface area contributed by atoms with Gasteiger partial charge < -0.3 is 4.74 Å². The molecule has 1 amide bonds. The van der Waals surface area contributed by atoms with E-state index in [0.29, 0.717) is 28.3 Å². The number of ether oxygens (including phenoxy) is 1. The third-order valence-electron chi connectivity index (χ3n) is 4.82. The van der Waals surface area contributed by atoms with E-state index in [4.69, 9.17) is 16.3 Å². The molecular weight excluding hydrogens is 461 g/mol. The molecule has 0 aliphatic heterocycles. The lowest BCUT2D eigenvalue weighted by molar-refractivity contribution is 0.0557. The molecule has 0 aromatic heterocycles. The molecule has 3 nitrogen and oxygen atoms in total. The number of rotatable bonds is 8. The molecule has 0 bridgehead atoms. The van der Waals surface area contributed by atoms with Crippen molar-refractivity contribution in [1.82, 2.24) is 5.32 Å². The summed E-state index contributed by atoms with van der Waals surface area (Å²) in [6.07, 6.45) is 11.9. The van der Waals surface area contributed by atoms with Gasteiger partial charge in [-0.2, -0.15) is 0 Å². The number of unbranched alkanes of at least 4 members (excludes halogenated alkanes) is 1. The van der Waals surface area contributed by atoms with Crippen LogP contribution in [0.15, 0.2) is 65.8 Å². The highest BCUT2D eigenvalue weighted by Gasteiger charge is 2.19. The van der Waals surface area contributed by atoms with Crippen LogP contribution in [0.5, 0.6) is 0 Å². The van der Waals surface area contributed by atoms with Crippen molar-refractivity contribution >= 4 is 23.4 Å². The van der Waals surface area contributed by atoms with Crippen molar-refractivity contribution in [2.45, 2.75) is 87.2 Å². The van der Waals surface area contributed by atoms with E-state index < -0.39 is 11.7 Å². The van der Waals surface area contributed by atoms with Crippen LogP contribution in [0.1, 0.15) is 86.3 Å². The van der Waals surface area contributed by atoms with Crippen molar-refractivity contribution in [3.8, 4) is 0 Å². The highest BCUT2D eigenvalue weighted by Crippen LogP contribution is 2.27. The van der Waals surface area contributed by atoms with Gasteiger partial charge in [0.25, 0.3) is 0 Å². The molecule has 0 aliphatic carbocycles. The van der Waals surface area contributed by atoms with Gasteiger partial charge in [0.1, 0.15) is 11.4 Å². The molecule has 1 aromatic rings. The summed E-state index contributed by atoms with van der Waals surface area (Å²) in [5.41, 5.74) is 4.29. The highest BCUT2D eigenvalue weighted by molar-refractivity contribution is 6.31. The quantitative estimate of drug-likeness (QED) is 0.358. The van der Waals surface area contributed by atoms with E-state index in [1.807, 2.05) is 52.8 Å². The molecule has 35 heavy (non-hydrogen) atoms. The van der Waals surface area contributed by atoms with Gasteiger partial charge in [0, 0.05) is 16.1 Å². The second-order valence-electron chi connectivity index (χ2n) is 9.35. The van der Waals surface area contributed by atoms with E-state index in [9.17, 15) is 9.18 Å². The van der Waals surface area contributed by atoms with Gasteiger partial charge in [-0.1, -0.05) is 67.5 Å². The van der Waals surface area contributed by atoms with E-state index in [1.54, 1.807) is 26.8 Å². The normalized spacial score (nSPS) is 12.1. The largest absolute Gasteiger partial charge is 0.444 e. The summed E-state index contributed by atoms with van der Waals surface area (Å²) in [4.78, 5) is 12.0. The summed E-state index contributed by atoms with van der Waals surface area (Å²) < 4.78 is 19.7. The molecule has 0 radical (unpaired) electrons. The average Bonchev–Trinajstić information content (AvgIpc) is 2.74. The smallest absolute Gasteiger partial charge is 0.412 e. The van der Waals surface area contributed by atoms with Crippen LogP contribution in [0.3, 0.4) is 0 Å². The second-order valence-corrected chi connectivity index (χ2v) is 9.76. The molecule has 0 heterocycles. The Morgan fingerprint density at radius 2 is 1.83 bits per heavy atom. The molecule has 1 rings (SSSR count). The van der Waals surface area contributed by atoms with Gasteiger partial charge in [-0.3, -0.25) is 5.32 Å². The first-order valence-corrected chi connectivity index (χ1v) is 12.4. The third-order valence-corrected chi connectivity index (χ3v) is 5.15. The fourth-order valence-corrected chi connectivity index (χ4v) is 3.44. The number of alkyl carbamates (subject to hydrolysis) is 1. The lowest BCUT2D eigenvalue weighted by Crippen LogP contribution is -2.32. The molecule has 0 saturated carbocycles. The molecule has 0 unspecified atom stereocenters. The molecule has 0 saturated heterocycles. The van der Waals surface area contributed by atoms with Crippen molar-refractivity contribution in [2.24, 2.45) is 0 Å². The number of amides is 1. The first-order valence-electron chi connectivity index (χ1n) is 12.1. The topological polar surface area (TPSA) is 38.3 Å². The van der Waals surface area contributed by atoms with Crippen LogP contribution in [0, 0.1) is 5.82 Å². The SMILES string of the molecule is C=C\C=C(C)/C(/C=C\C)=C\C.CCCCc1c(F)cc(C(NC(=O)OC(C)(C)C)=C(C)C)cc1Cl. The van der Waals surface area contributed by atoms with Gasteiger partial charge >= 0.3 is 6.09 Å². The highest BCUT2D eigenvalue weighted by atomic mass is 35.5. The molecule has 194 valence electrons. The number of halogens is 2. The van der Waals surface area contributed by atoms with Gasteiger partial charge in [-0.05, 0) is 91.5 Å². The van der Waals surface area contributed by atoms with Gasteiger partial charge in [-0.25, -0.2) is 9.18 Å². The fraction of sp³-hybridized carbons (Fsp3) is 0.433. The second kappa shape index (κ2) is 16.1. The summed E-state index contributed by atoms with van der Waals surface area (Å²) in [5, 5.41) is 3.08. The van der Waals surface area contributed by atoms with E-state index in [1.165, 1.54) is 17.2 Å². The first kappa shape index (κ1) is 32.4. The van der Waals surface area contributed by atoms with Crippen molar-refractivity contribution in [3.05, 3.63) is 87.8 Å². The van der Waals surface area contributed by atoms with Crippen LogP contribution >= 0.6 is 11.6 Å². The van der Waals surface area contributed by atoms with Crippen LogP contribution in [0.2, 0.25) is 5.02 Å². The maximum absolute atomic E-state index is 14.4.